The standard InChI is InChI=1S/C22H34N6.2CH2O2/c1-3-4-12-27-13-5-8-22(16-27)9-7-19-20(22)25-18(2)26-21(19)24-10-6-14-28-15-11-23-17-28;2*2-1-3/h11,15,17H,3-10,12-14,16H2,1-2H3,(H,24,25,26);2*1H,(H,2,3). The summed E-state index contributed by atoms with van der Waals surface area (Å²) < 4.78 is 2.12. The van der Waals surface area contributed by atoms with Gasteiger partial charge in [0.25, 0.3) is 12.9 Å². The van der Waals surface area contributed by atoms with Gasteiger partial charge in [0.05, 0.1) is 12.0 Å². The van der Waals surface area contributed by atoms with Crippen molar-refractivity contribution in [3.05, 3.63) is 35.8 Å². The fourth-order valence-corrected chi connectivity index (χ4v) is 4.98. The molecule has 3 N–H and O–H groups in total. The zero-order valence-corrected chi connectivity index (χ0v) is 20.3. The Kier molecular flexibility index (Phi) is 11.5. The number of fused-ring (bicyclic) bond motifs is 2. The summed E-state index contributed by atoms with van der Waals surface area (Å²) in [5.41, 5.74) is 2.98. The van der Waals surface area contributed by atoms with E-state index >= 15 is 0 Å². The average molecular weight is 475 g/mol. The van der Waals surface area contributed by atoms with Crippen LogP contribution in [0.25, 0.3) is 0 Å². The zero-order chi connectivity index (χ0) is 24.8. The second-order valence-electron chi connectivity index (χ2n) is 8.75. The molecular weight excluding hydrogens is 436 g/mol. The number of carboxylic acid groups (broad SMARTS) is 2. The van der Waals surface area contributed by atoms with Crippen LogP contribution < -0.4 is 5.32 Å². The molecule has 10 heteroatoms. The van der Waals surface area contributed by atoms with E-state index in [0.717, 1.165) is 37.6 Å². The van der Waals surface area contributed by atoms with Crippen LogP contribution in [-0.4, -0.2) is 73.8 Å². The van der Waals surface area contributed by atoms with Crippen LogP contribution in [0, 0.1) is 6.92 Å². The Hall–Kier alpha value is -3.01. The molecule has 10 nitrogen and oxygen atoms in total. The number of anilines is 1. The second kappa shape index (κ2) is 14.3. The van der Waals surface area contributed by atoms with Gasteiger partial charge in [0.15, 0.2) is 0 Å². The summed E-state index contributed by atoms with van der Waals surface area (Å²) >= 11 is 0. The van der Waals surface area contributed by atoms with Crippen molar-refractivity contribution < 1.29 is 19.8 Å². The molecule has 0 bridgehead atoms. The van der Waals surface area contributed by atoms with Crippen molar-refractivity contribution in [2.24, 2.45) is 0 Å². The lowest BCUT2D eigenvalue weighted by molar-refractivity contribution is -0.123. The lowest BCUT2D eigenvalue weighted by Gasteiger charge is -2.40. The Morgan fingerprint density at radius 2 is 1.91 bits per heavy atom. The number of carbonyl (C=O) groups is 2. The van der Waals surface area contributed by atoms with Crippen LogP contribution in [0.5, 0.6) is 0 Å². The number of hydrogen-bond donors (Lipinski definition) is 3. The summed E-state index contributed by atoms with van der Waals surface area (Å²) in [4.78, 5) is 33.3. The first kappa shape index (κ1) is 27.2. The van der Waals surface area contributed by atoms with Crippen LogP contribution in [0.4, 0.5) is 5.82 Å². The van der Waals surface area contributed by atoms with Gasteiger partial charge < -0.3 is 25.0 Å². The Morgan fingerprint density at radius 1 is 1.15 bits per heavy atom. The van der Waals surface area contributed by atoms with Gasteiger partial charge in [-0.25, -0.2) is 15.0 Å². The lowest BCUT2D eigenvalue weighted by Crippen LogP contribution is -2.45. The molecule has 1 fully saturated rings. The van der Waals surface area contributed by atoms with Crippen molar-refractivity contribution in [2.75, 3.05) is 31.5 Å². The summed E-state index contributed by atoms with van der Waals surface area (Å²) in [5.74, 6) is 1.98. The highest BCUT2D eigenvalue weighted by atomic mass is 16.3. The third-order valence-electron chi connectivity index (χ3n) is 6.40. The monoisotopic (exact) mass is 474 g/mol. The summed E-state index contributed by atoms with van der Waals surface area (Å²) in [5, 5.41) is 17.4. The Labute approximate surface area is 201 Å². The van der Waals surface area contributed by atoms with Crippen molar-refractivity contribution in [3.63, 3.8) is 0 Å². The smallest absolute Gasteiger partial charge is 0.290 e. The number of nitrogens with zero attached hydrogens (tertiary/aromatic N) is 5. The lowest BCUT2D eigenvalue weighted by atomic mass is 9.77. The van der Waals surface area contributed by atoms with Gasteiger partial charge in [0.1, 0.15) is 11.6 Å². The Morgan fingerprint density at radius 3 is 2.59 bits per heavy atom. The maximum atomic E-state index is 8.36. The van der Waals surface area contributed by atoms with Crippen molar-refractivity contribution in [1.29, 1.82) is 0 Å². The second-order valence-corrected chi connectivity index (χ2v) is 8.75. The number of aryl methyl sites for hydroxylation is 2. The molecule has 2 aromatic heterocycles. The first-order valence-electron chi connectivity index (χ1n) is 12.0. The van der Waals surface area contributed by atoms with Gasteiger partial charge in [-0.1, -0.05) is 13.3 Å². The number of rotatable bonds is 8. The zero-order valence-electron chi connectivity index (χ0n) is 20.3. The molecule has 2 aliphatic rings. The number of unbranched alkanes of at least 4 members (excludes halogenated alkanes) is 1. The number of nitrogens with one attached hydrogen (secondary N) is 1. The average Bonchev–Trinajstić information content (AvgIpc) is 3.45. The van der Waals surface area contributed by atoms with Crippen LogP contribution in [0.1, 0.15) is 62.5 Å². The minimum atomic E-state index is -0.250. The number of piperidine rings is 1. The molecule has 0 aromatic carbocycles. The number of imidazole rings is 1. The first-order valence-corrected chi connectivity index (χ1v) is 12.0. The molecular formula is C24H38N6O4. The number of hydrogen-bond acceptors (Lipinski definition) is 7. The highest BCUT2D eigenvalue weighted by molar-refractivity contribution is 5.52. The minimum absolute atomic E-state index is 0.250. The Bertz CT molecular complexity index is 871. The van der Waals surface area contributed by atoms with Gasteiger partial charge in [-0.05, 0) is 58.5 Å². The SMILES string of the molecule is CCCCN1CCCC2(CCc3c(NCCCn4ccnc4)nc(C)nc32)C1.O=CO.O=CO. The number of likely N-dealkylation sites (tertiary alicyclic amines) is 1. The molecule has 4 rings (SSSR count). The van der Waals surface area contributed by atoms with Gasteiger partial charge in [0, 0.05) is 43.0 Å². The highest BCUT2D eigenvalue weighted by Crippen LogP contribution is 2.45. The quantitative estimate of drug-likeness (QED) is 0.390. The molecule has 1 unspecified atom stereocenters. The van der Waals surface area contributed by atoms with E-state index in [9.17, 15) is 0 Å². The van der Waals surface area contributed by atoms with Gasteiger partial charge in [-0.3, -0.25) is 9.59 Å². The number of aromatic nitrogens is 4. The van der Waals surface area contributed by atoms with E-state index < -0.39 is 0 Å². The van der Waals surface area contributed by atoms with E-state index in [4.69, 9.17) is 29.8 Å². The first-order chi connectivity index (χ1) is 16.5. The molecule has 0 saturated carbocycles. The largest absolute Gasteiger partial charge is 0.483 e. The summed E-state index contributed by atoms with van der Waals surface area (Å²) in [6.45, 7) is 9.40. The topological polar surface area (TPSA) is 133 Å². The minimum Gasteiger partial charge on any atom is -0.483 e. The van der Waals surface area contributed by atoms with Gasteiger partial charge in [-0.15, -0.1) is 0 Å². The molecule has 2 aromatic rings. The highest BCUT2D eigenvalue weighted by Gasteiger charge is 2.44. The van der Waals surface area contributed by atoms with Crippen LogP contribution in [0.3, 0.4) is 0 Å². The van der Waals surface area contributed by atoms with Gasteiger partial charge >= 0.3 is 0 Å². The predicted molar refractivity (Wildman–Crippen MR) is 130 cm³/mol. The van der Waals surface area contributed by atoms with E-state index in [-0.39, 0.29) is 18.4 Å². The normalized spacial score (nSPS) is 18.8. The maximum absolute atomic E-state index is 8.36. The molecule has 3 heterocycles. The molecule has 0 amide bonds. The van der Waals surface area contributed by atoms with Crippen molar-refractivity contribution in [1.82, 2.24) is 24.4 Å². The van der Waals surface area contributed by atoms with Crippen LogP contribution >= 0.6 is 0 Å². The van der Waals surface area contributed by atoms with Gasteiger partial charge in [-0.2, -0.15) is 0 Å². The maximum Gasteiger partial charge on any atom is 0.290 e. The van der Waals surface area contributed by atoms with Crippen molar-refractivity contribution >= 4 is 18.8 Å². The molecule has 1 atom stereocenters. The molecule has 188 valence electrons. The fourth-order valence-electron chi connectivity index (χ4n) is 4.98. The molecule has 0 radical (unpaired) electrons. The van der Waals surface area contributed by atoms with Gasteiger partial charge in [0.2, 0.25) is 0 Å². The molecule has 1 aliphatic carbocycles. The van der Waals surface area contributed by atoms with E-state index in [0.29, 0.717) is 0 Å². The predicted octanol–water partition coefficient (Wildman–Crippen LogP) is 2.97. The van der Waals surface area contributed by atoms with Crippen molar-refractivity contribution in [3.8, 4) is 0 Å². The van der Waals surface area contributed by atoms with Crippen molar-refractivity contribution in [2.45, 2.75) is 70.8 Å². The Balaban J connectivity index is 0.000000618. The third kappa shape index (κ3) is 7.51. The summed E-state index contributed by atoms with van der Waals surface area (Å²) in [7, 11) is 0. The molecule has 1 aliphatic heterocycles. The molecule has 34 heavy (non-hydrogen) atoms. The molecule has 1 saturated heterocycles. The summed E-state index contributed by atoms with van der Waals surface area (Å²) in [6.07, 6.45) is 14.3. The third-order valence-corrected chi connectivity index (χ3v) is 6.40. The van der Waals surface area contributed by atoms with E-state index in [1.54, 1.807) is 0 Å². The van der Waals surface area contributed by atoms with E-state index in [1.807, 2.05) is 25.6 Å². The van der Waals surface area contributed by atoms with Crippen LogP contribution in [0.15, 0.2) is 18.7 Å². The summed E-state index contributed by atoms with van der Waals surface area (Å²) in [6, 6.07) is 0. The fraction of sp³-hybridized carbons (Fsp3) is 0.625. The van der Waals surface area contributed by atoms with Crippen LogP contribution in [-0.2, 0) is 28.0 Å². The van der Waals surface area contributed by atoms with E-state index in [2.05, 4.69) is 26.7 Å². The molecule has 1 spiro atoms. The van der Waals surface area contributed by atoms with E-state index in [1.165, 1.54) is 63.0 Å². The van der Waals surface area contributed by atoms with Crippen LogP contribution in [0.2, 0.25) is 0 Å².